The molecule has 0 aromatic heterocycles. The van der Waals surface area contributed by atoms with Gasteiger partial charge in [-0.3, -0.25) is 4.79 Å². The molecule has 1 aliphatic rings. The highest BCUT2D eigenvalue weighted by atomic mass is 16.5. The van der Waals surface area contributed by atoms with E-state index in [2.05, 4.69) is 19.2 Å². The highest BCUT2D eigenvalue weighted by molar-refractivity contribution is 5.86. The maximum Gasteiger partial charge on any atom is 0.240 e. The molecule has 1 aliphatic heterocycles. The summed E-state index contributed by atoms with van der Waals surface area (Å²) < 4.78 is 5.21. The molecule has 1 heterocycles. The van der Waals surface area contributed by atoms with Crippen molar-refractivity contribution >= 4 is 5.91 Å². The summed E-state index contributed by atoms with van der Waals surface area (Å²) in [6, 6.07) is 0.167. The average Bonchev–Trinajstić information content (AvgIpc) is 2.18. The van der Waals surface area contributed by atoms with Crippen molar-refractivity contribution in [1.82, 2.24) is 5.32 Å². The Balaban J connectivity index is 2.51. The lowest BCUT2D eigenvalue weighted by Gasteiger charge is -2.33. The molecular weight excluding hydrogens is 192 g/mol. The van der Waals surface area contributed by atoms with Crippen molar-refractivity contribution in [3.63, 3.8) is 0 Å². The highest BCUT2D eigenvalue weighted by Crippen LogP contribution is 2.18. The molecule has 0 aromatic carbocycles. The van der Waals surface area contributed by atoms with Gasteiger partial charge in [-0.2, -0.15) is 0 Å². The Labute approximate surface area is 91.5 Å². The summed E-state index contributed by atoms with van der Waals surface area (Å²) >= 11 is 0. The molecule has 0 bridgehead atoms. The van der Waals surface area contributed by atoms with Gasteiger partial charge in [0.2, 0.25) is 5.91 Å². The van der Waals surface area contributed by atoms with Crippen molar-refractivity contribution in [2.24, 2.45) is 11.7 Å². The standard InChI is InChI=1S/C11H22N2O2/c1-8(2)9(3)13-10(14)11(12)4-6-15-7-5-11/h8-9H,4-7,12H2,1-3H3,(H,13,14). The van der Waals surface area contributed by atoms with Crippen LogP contribution >= 0.6 is 0 Å². The minimum atomic E-state index is -0.721. The lowest BCUT2D eigenvalue weighted by atomic mass is 9.89. The third-order valence-electron chi connectivity index (χ3n) is 3.20. The zero-order valence-corrected chi connectivity index (χ0v) is 9.88. The van der Waals surface area contributed by atoms with E-state index in [1.807, 2.05) is 6.92 Å². The fourth-order valence-corrected chi connectivity index (χ4v) is 1.48. The molecule has 0 radical (unpaired) electrons. The van der Waals surface area contributed by atoms with Crippen LogP contribution in [0.3, 0.4) is 0 Å². The van der Waals surface area contributed by atoms with E-state index in [4.69, 9.17) is 10.5 Å². The van der Waals surface area contributed by atoms with E-state index in [0.717, 1.165) is 0 Å². The van der Waals surface area contributed by atoms with Crippen LogP contribution in [0.2, 0.25) is 0 Å². The second-order valence-electron chi connectivity index (χ2n) is 4.77. The van der Waals surface area contributed by atoms with Crippen molar-refractivity contribution < 1.29 is 9.53 Å². The molecule has 1 amide bonds. The zero-order valence-electron chi connectivity index (χ0n) is 9.88. The Kier molecular flexibility index (Phi) is 4.11. The summed E-state index contributed by atoms with van der Waals surface area (Å²) in [6.45, 7) is 7.33. The van der Waals surface area contributed by atoms with Crippen LogP contribution < -0.4 is 11.1 Å². The van der Waals surface area contributed by atoms with Gasteiger partial charge < -0.3 is 15.8 Å². The normalized spacial score (nSPS) is 22.5. The van der Waals surface area contributed by atoms with Crippen LogP contribution in [0.15, 0.2) is 0 Å². The van der Waals surface area contributed by atoms with Crippen LogP contribution in [-0.2, 0) is 9.53 Å². The molecule has 1 unspecified atom stereocenters. The Morgan fingerprint density at radius 1 is 1.33 bits per heavy atom. The summed E-state index contributed by atoms with van der Waals surface area (Å²) in [7, 11) is 0. The zero-order chi connectivity index (χ0) is 11.5. The first-order valence-corrected chi connectivity index (χ1v) is 5.63. The molecule has 0 aromatic rings. The number of nitrogens with two attached hydrogens (primary N) is 1. The smallest absolute Gasteiger partial charge is 0.240 e. The molecule has 4 heteroatoms. The van der Waals surface area contributed by atoms with Gasteiger partial charge in [-0.1, -0.05) is 13.8 Å². The minimum Gasteiger partial charge on any atom is -0.381 e. The molecule has 1 fully saturated rings. The molecule has 0 saturated carbocycles. The number of carbonyl (C=O) groups is 1. The van der Waals surface area contributed by atoms with Crippen LogP contribution in [0.5, 0.6) is 0 Å². The van der Waals surface area contributed by atoms with Crippen LogP contribution in [0.1, 0.15) is 33.6 Å². The van der Waals surface area contributed by atoms with Gasteiger partial charge in [-0.15, -0.1) is 0 Å². The Bertz CT molecular complexity index is 223. The van der Waals surface area contributed by atoms with E-state index in [9.17, 15) is 4.79 Å². The summed E-state index contributed by atoms with van der Waals surface area (Å²) in [4.78, 5) is 11.9. The van der Waals surface area contributed by atoms with Crippen molar-refractivity contribution in [2.75, 3.05) is 13.2 Å². The summed E-state index contributed by atoms with van der Waals surface area (Å²) in [6.07, 6.45) is 1.23. The van der Waals surface area contributed by atoms with Gasteiger partial charge in [0.1, 0.15) is 0 Å². The molecule has 0 aliphatic carbocycles. The average molecular weight is 214 g/mol. The van der Waals surface area contributed by atoms with Crippen molar-refractivity contribution in [3.8, 4) is 0 Å². The third-order valence-corrected chi connectivity index (χ3v) is 3.20. The van der Waals surface area contributed by atoms with E-state index in [1.165, 1.54) is 0 Å². The maximum atomic E-state index is 11.9. The molecular formula is C11H22N2O2. The minimum absolute atomic E-state index is 0.0352. The molecule has 1 rings (SSSR count). The molecule has 0 spiro atoms. The van der Waals surface area contributed by atoms with E-state index in [-0.39, 0.29) is 11.9 Å². The number of hydrogen-bond acceptors (Lipinski definition) is 3. The molecule has 1 saturated heterocycles. The van der Waals surface area contributed by atoms with Crippen LogP contribution in [0.25, 0.3) is 0 Å². The predicted molar refractivity (Wildman–Crippen MR) is 59.4 cm³/mol. The van der Waals surface area contributed by atoms with Crippen molar-refractivity contribution in [1.29, 1.82) is 0 Å². The lowest BCUT2D eigenvalue weighted by Crippen LogP contribution is -2.58. The lowest BCUT2D eigenvalue weighted by molar-refractivity contribution is -0.130. The second kappa shape index (κ2) is 4.94. The van der Waals surface area contributed by atoms with Gasteiger partial charge in [0.25, 0.3) is 0 Å². The first kappa shape index (κ1) is 12.5. The SMILES string of the molecule is CC(C)C(C)NC(=O)C1(N)CCOCC1. The predicted octanol–water partition coefficient (Wildman–Crippen LogP) is 0.655. The quantitative estimate of drug-likeness (QED) is 0.725. The number of hydrogen-bond donors (Lipinski definition) is 2. The maximum absolute atomic E-state index is 11.9. The van der Waals surface area contributed by atoms with E-state index in [1.54, 1.807) is 0 Å². The topological polar surface area (TPSA) is 64.4 Å². The van der Waals surface area contributed by atoms with Gasteiger partial charge in [0, 0.05) is 19.3 Å². The van der Waals surface area contributed by atoms with Gasteiger partial charge >= 0.3 is 0 Å². The van der Waals surface area contributed by atoms with Crippen molar-refractivity contribution in [3.05, 3.63) is 0 Å². The second-order valence-corrected chi connectivity index (χ2v) is 4.77. The molecule has 1 atom stereocenters. The Hall–Kier alpha value is -0.610. The van der Waals surface area contributed by atoms with Gasteiger partial charge in [-0.05, 0) is 25.7 Å². The summed E-state index contributed by atoms with van der Waals surface area (Å²) in [5.41, 5.74) is 5.34. The number of ether oxygens (including phenoxy) is 1. The number of nitrogens with one attached hydrogen (secondary N) is 1. The molecule has 3 N–H and O–H groups in total. The fraction of sp³-hybridized carbons (Fsp3) is 0.909. The number of amides is 1. The van der Waals surface area contributed by atoms with Crippen LogP contribution in [-0.4, -0.2) is 30.7 Å². The first-order chi connectivity index (χ1) is 6.96. The number of rotatable bonds is 3. The highest BCUT2D eigenvalue weighted by Gasteiger charge is 2.36. The fourth-order valence-electron chi connectivity index (χ4n) is 1.48. The Morgan fingerprint density at radius 2 is 1.87 bits per heavy atom. The molecule has 88 valence electrons. The first-order valence-electron chi connectivity index (χ1n) is 5.63. The molecule has 4 nitrogen and oxygen atoms in total. The van der Waals surface area contributed by atoms with Crippen LogP contribution in [0.4, 0.5) is 0 Å². The monoisotopic (exact) mass is 214 g/mol. The largest absolute Gasteiger partial charge is 0.381 e. The van der Waals surface area contributed by atoms with Gasteiger partial charge in [-0.25, -0.2) is 0 Å². The summed E-state index contributed by atoms with van der Waals surface area (Å²) in [5.74, 6) is 0.393. The molecule has 15 heavy (non-hydrogen) atoms. The van der Waals surface area contributed by atoms with Gasteiger partial charge in [0.15, 0.2) is 0 Å². The Morgan fingerprint density at radius 3 is 2.33 bits per heavy atom. The third kappa shape index (κ3) is 3.18. The van der Waals surface area contributed by atoms with Crippen LogP contribution in [0, 0.1) is 5.92 Å². The van der Waals surface area contributed by atoms with Gasteiger partial charge in [0.05, 0.1) is 5.54 Å². The van der Waals surface area contributed by atoms with E-state index < -0.39 is 5.54 Å². The number of carbonyl (C=O) groups excluding carboxylic acids is 1. The summed E-state index contributed by atoms with van der Waals surface area (Å²) in [5, 5.41) is 2.97. The van der Waals surface area contributed by atoms with E-state index >= 15 is 0 Å². The van der Waals surface area contributed by atoms with Crippen molar-refractivity contribution in [2.45, 2.75) is 45.2 Å². The van der Waals surface area contributed by atoms with E-state index in [0.29, 0.717) is 32.0 Å².